The van der Waals surface area contributed by atoms with Gasteiger partial charge in [-0.3, -0.25) is 4.68 Å². The number of aromatic carboxylic acids is 1. The van der Waals surface area contributed by atoms with Crippen molar-refractivity contribution in [3.8, 4) is 0 Å². The summed E-state index contributed by atoms with van der Waals surface area (Å²) >= 11 is 0. The third-order valence-electron chi connectivity index (χ3n) is 3.22. The zero-order chi connectivity index (χ0) is 13.8. The number of rotatable bonds is 5. The van der Waals surface area contributed by atoms with Gasteiger partial charge in [-0.25, -0.2) is 4.79 Å². The zero-order valence-electron chi connectivity index (χ0n) is 11.5. The summed E-state index contributed by atoms with van der Waals surface area (Å²) in [6.07, 6.45) is 1.82. The lowest BCUT2D eigenvalue weighted by molar-refractivity contribution is 0.0695. The molecule has 0 unspecified atom stereocenters. The Hall–Kier alpha value is -1.85. The molecule has 1 aromatic heterocycles. The smallest absolute Gasteiger partial charge is 0.336 e. The Balaban J connectivity index is 0.00000200. The molecule has 1 heterocycles. The summed E-state index contributed by atoms with van der Waals surface area (Å²) in [4.78, 5) is 11.1. The fraction of sp³-hybridized carbons (Fsp3) is 0.286. The van der Waals surface area contributed by atoms with Crippen LogP contribution in [0.4, 0.5) is 0 Å². The van der Waals surface area contributed by atoms with Gasteiger partial charge in [0.25, 0.3) is 0 Å². The van der Waals surface area contributed by atoms with Crippen molar-refractivity contribution < 1.29 is 9.90 Å². The van der Waals surface area contributed by atoms with Crippen molar-refractivity contribution in [1.29, 1.82) is 0 Å². The molecule has 0 saturated carbocycles. The first kappa shape index (κ1) is 16.2. The third kappa shape index (κ3) is 3.59. The highest BCUT2D eigenvalue weighted by Gasteiger charge is 2.09. The van der Waals surface area contributed by atoms with Gasteiger partial charge in [0.05, 0.1) is 11.8 Å². The molecule has 2 N–H and O–H groups in total. The molecule has 0 aliphatic carbocycles. The lowest BCUT2D eigenvalue weighted by Crippen LogP contribution is -2.15. The Morgan fingerprint density at radius 1 is 1.30 bits per heavy atom. The Bertz CT molecular complexity index is 596. The van der Waals surface area contributed by atoms with E-state index in [1.807, 2.05) is 37.0 Å². The van der Waals surface area contributed by atoms with Gasteiger partial charge in [-0.2, -0.15) is 5.10 Å². The summed E-state index contributed by atoms with van der Waals surface area (Å²) in [5.74, 6) is -0.894. The van der Waals surface area contributed by atoms with Crippen LogP contribution < -0.4 is 5.32 Å². The molecule has 6 heteroatoms. The minimum Gasteiger partial charge on any atom is -0.478 e. The summed E-state index contributed by atoms with van der Waals surface area (Å²) in [7, 11) is 1.90. The van der Waals surface area contributed by atoms with Crippen LogP contribution in [0.2, 0.25) is 0 Å². The molecule has 0 saturated heterocycles. The van der Waals surface area contributed by atoms with Crippen LogP contribution in [0.25, 0.3) is 0 Å². The number of aryl methyl sites for hydroxylation is 1. The van der Waals surface area contributed by atoms with Gasteiger partial charge in [-0.1, -0.05) is 18.2 Å². The van der Waals surface area contributed by atoms with Crippen LogP contribution in [0.5, 0.6) is 0 Å². The van der Waals surface area contributed by atoms with E-state index in [0.717, 1.165) is 16.8 Å². The van der Waals surface area contributed by atoms with E-state index in [2.05, 4.69) is 10.4 Å². The van der Waals surface area contributed by atoms with E-state index in [0.29, 0.717) is 18.7 Å². The van der Waals surface area contributed by atoms with Crippen LogP contribution in [-0.2, 0) is 20.1 Å². The maximum Gasteiger partial charge on any atom is 0.336 e. The quantitative estimate of drug-likeness (QED) is 0.887. The van der Waals surface area contributed by atoms with Crippen molar-refractivity contribution >= 4 is 18.4 Å². The summed E-state index contributed by atoms with van der Waals surface area (Å²) < 4.78 is 1.82. The van der Waals surface area contributed by atoms with Gasteiger partial charge in [0, 0.05) is 31.4 Å². The van der Waals surface area contributed by atoms with E-state index in [1.54, 1.807) is 12.1 Å². The summed E-state index contributed by atoms with van der Waals surface area (Å²) in [5.41, 5.74) is 3.36. The second-order valence-electron chi connectivity index (χ2n) is 4.44. The first-order valence-corrected chi connectivity index (χ1v) is 6.09. The highest BCUT2D eigenvalue weighted by molar-refractivity contribution is 5.89. The van der Waals surface area contributed by atoms with Crippen molar-refractivity contribution in [3.63, 3.8) is 0 Å². The Morgan fingerprint density at radius 2 is 1.95 bits per heavy atom. The molecule has 0 aliphatic rings. The Morgan fingerprint density at radius 3 is 2.55 bits per heavy atom. The molecule has 2 aromatic rings. The largest absolute Gasteiger partial charge is 0.478 e. The number of nitrogens with one attached hydrogen (secondary N) is 1. The van der Waals surface area contributed by atoms with Crippen molar-refractivity contribution in [2.45, 2.75) is 20.0 Å². The van der Waals surface area contributed by atoms with Gasteiger partial charge >= 0.3 is 5.97 Å². The molecule has 108 valence electrons. The number of carbonyl (C=O) groups is 1. The Labute approximate surface area is 124 Å². The van der Waals surface area contributed by atoms with E-state index in [9.17, 15) is 4.79 Å². The van der Waals surface area contributed by atoms with Crippen LogP contribution in [0.1, 0.15) is 27.2 Å². The van der Waals surface area contributed by atoms with E-state index < -0.39 is 5.97 Å². The van der Waals surface area contributed by atoms with Crippen LogP contribution in [0, 0.1) is 6.92 Å². The zero-order valence-corrected chi connectivity index (χ0v) is 12.3. The number of nitrogens with zero attached hydrogens (tertiary/aromatic N) is 2. The summed E-state index contributed by atoms with van der Waals surface area (Å²) in [6.45, 7) is 3.21. The number of carboxylic acids is 1. The first-order valence-electron chi connectivity index (χ1n) is 6.09. The topological polar surface area (TPSA) is 67.2 Å². The van der Waals surface area contributed by atoms with Gasteiger partial charge in [-0.05, 0) is 18.6 Å². The molecule has 0 aliphatic heterocycles. The van der Waals surface area contributed by atoms with Crippen molar-refractivity contribution in [1.82, 2.24) is 15.1 Å². The SMILES string of the molecule is Cc1c(CNCc2ccccc2C(=O)O)cnn1C.Cl. The average molecular weight is 296 g/mol. The predicted octanol–water partition coefficient (Wildman–Crippen LogP) is 2.14. The second kappa shape index (κ2) is 7.07. The van der Waals surface area contributed by atoms with Gasteiger partial charge in [0.1, 0.15) is 0 Å². The lowest BCUT2D eigenvalue weighted by atomic mass is 10.1. The molecular formula is C14H18ClN3O2. The van der Waals surface area contributed by atoms with Gasteiger partial charge in [0.2, 0.25) is 0 Å². The van der Waals surface area contributed by atoms with Gasteiger partial charge in [-0.15, -0.1) is 12.4 Å². The first-order chi connectivity index (χ1) is 9.09. The molecule has 1 aromatic carbocycles. The minimum absolute atomic E-state index is 0. The maximum atomic E-state index is 11.1. The summed E-state index contributed by atoms with van der Waals surface area (Å²) in [5, 5.41) is 16.5. The van der Waals surface area contributed by atoms with E-state index >= 15 is 0 Å². The molecular weight excluding hydrogens is 278 g/mol. The summed E-state index contributed by atoms with van der Waals surface area (Å²) in [6, 6.07) is 7.03. The van der Waals surface area contributed by atoms with Gasteiger partial charge < -0.3 is 10.4 Å². The average Bonchev–Trinajstić information content (AvgIpc) is 2.71. The number of hydrogen-bond donors (Lipinski definition) is 2. The number of carboxylic acid groups (broad SMARTS) is 1. The molecule has 5 nitrogen and oxygen atoms in total. The fourth-order valence-electron chi connectivity index (χ4n) is 1.93. The lowest BCUT2D eigenvalue weighted by Gasteiger charge is -2.07. The van der Waals surface area contributed by atoms with Crippen LogP contribution in [0.15, 0.2) is 30.5 Å². The number of halogens is 1. The molecule has 0 amide bonds. The molecule has 0 spiro atoms. The standard InChI is InChI=1S/C14H17N3O2.ClH/c1-10-12(9-16-17(10)2)8-15-7-11-5-3-4-6-13(11)14(18)19;/h3-6,9,15H,7-8H2,1-2H3,(H,18,19);1H. The second-order valence-corrected chi connectivity index (χ2v) is 4.44. The van der Waals surface area contributed by atoms with Crippen molar-refractivity contribution in [2.75, 3.05) is 0 Å². The number of aromatic nitrogens is 2. The fourth-order valence-corrected chi connectivity index (χ4v) is 1.93. The van der Waals surface area contributed by atoms with Gasteiger partial charge in [0.15, 0.2) is 0 Å². The molecule has 20 heavy (non-hydrogen) atoms. The maximum absolute atomic E-state index is 11.1. The van der Waals surface area contributed by atoms with E-state index in [-0.39, 0.29) is 12.4 Å². The predicted molar refractivity (Wildman–Crippen MR) is 79.1 cm³/mol. The molecule has 0 atom stereocenters. The molecule has 2 rings (SSSR count). The molecule has 0 fully saturated rings. The number of hydrogen-bond acceptors (Lipinski definition) is 3. The number of benzene rings is 1. The van der Waals surface area contributed by atoms with Crippen molar-refractivity contribution in [2.24, 2.45) is 7.05 Å². The van der Waals surface area contributed by atoms with E-state index in [1.165, 1.54) is 0 Å². The highest BCUT2D eigenvalue weighted by atomic mass is 35.5. The third-order valence-corrected chi connectivity index (χ3v) is 3.22. The van der Waals surface area contributed by atoms with Crippen LogP contribution >= 0.6 is 12.4 Å². The molecule has 0 bridgehead atoms. The van der Waals surface area contributed by atoms with Crippen molar-refractivity contribution in [3.05, 3.63) is 52.8 Å². The monoisotopic (exact) mass is 295 g/mol. The molecule has 0 radical (unpaired) electrons. The normalized spacial score (nSPS) is 10.1. The highest BCUT2D eigenvalue weighted by Crippen LogP contribution is 2.10. The van der Waals surface area contributed by atoms with Crippen LogP contribution in [0.3, 0.4) is 0 Å². The minimum atomic E-state index is -0.894. The van der Waals surface area contributed by atoms with E-state index in [4.69, 9.17) is 5.11 Å². The van der Waals surface area contributed by atoms with Crippen LogP contribution in [-0.4, -0.2) is 20.9 Å². The Kier molecular flexibility index (Phi) is 5.73.